The molecule has 0 aromatic heterocycles. The van der Waals surface area contributed by atoms with Gasteiger partial charge in [0.25, 0.3) is 6.29 Å². The molecular formula is C78H126NO8+. The van der Waals surface area contributed by atoms with Crippen LogP contribution in [0.25, 0.3) is 0 Å². The van der Waals surface area contributed by atoms with Gasteiger partial charge in [0.2, 0.25) is 0 Å². The first-order valence-electron chi connectivity index (χ1n) is 34.3. The van der Waals surface area contributed by atoms with Gasteiger partial charge in [-0.25, -0.2) is 4.79 Å². The Bertz CT molecular complexity index is 2030. The van der Waals surface area contributed by atoms with Gasteiger partial charge in [-0.2, -0.15) is 0 Å². The summed E-state index contributed by atoms with van der Waals surface area (Å²) >= 11 is 0. The topological polar surface area (TPSA) is 108 Å². The molecule has 87 heavy (non-hydrogen) atoms. The quantitative estimate of drug-likeness (QED) is 0.0211. The van der Waals surface area contributed by atoms with Gasteiger partial charge in [0.1, 0.15) is 13.2 Å². The predicted octanol–water partition coefficient (Wildman–Crippen LogP) is 21.5. The summed E-state index contributed by atoms with van der Waals surface area (Å²) in [5.74, 6) is -2.06. The van der Waals surface area contributed by atoms with Gasteiger partial charge in [0.05, 0.1) is 34.4 Å². The second-order valence-electron chi connectivity index (χ2n) is 23.4. The Morgan fingerprint density at radius 2 is 0.621 bits per heavy atom. The van der Waals surface area contributed by atoms with Crippen molar-refractivity contribution in [3.63, 3.8) is 0 Å². The van der Waals surface area contributed by atoms with Crippen molar-refractivity contribution in [2.45, 2.75) is 257 Å². The number of carbonyl (C=O) groups is 3. The third-order valence-electron chi connectivity index (χ3n) is 14.0. The lowest BCUT2D eigenvalue weighted by Crippen LogP contribution is -2.40. The SMILES string of the molecule is CC/C=C\C/C=C\C/C=C\C/C=C\C/C=C\C/C=C\C/C=C\C/C=C\CCCCCCC(=O)OC(COC(=O)CCCCCCCCCCCCCCCC/C=C\C/C=C\C/C=C\C/C=C\C/C=C\C/C=C\CC)COC(OCC[N+](C)(C)C)C(=O)O. The molecule has 0 rings (SSSR count). The molecule has 9 heteroatoms. The molecule has 0 aliphatic rings. The van der Waals surface area contributed by atoms with Crippen molar-refractivity contribution in [1.82, 2.24) is 0 Å². The zero-order valence-electron chi connectivity index (χ0n) is 55.9. The Hall–Kier alpha value is -5.35. The second-order valence-corrected chi connectivity index (χ2v) is 23.4. The number of rotatable bonds is 61. The van der Waals surface area contributed by atoms with E-state index in [4.69, 9.17) is 18.9 Å². The molecule has 2 unspecified atom stereocenters. The van der Waals surface area contributed by atoms with Crippen molar-refractivity contribution in [3.05, 3.63) is 170 Å². The van der Waals surface area contributed by atoms with Gasteiger partial charge < -0.3 is 28.5 Å². The molecule has 0 saturated heterocycles. The lowest BCUT2D eigenvalue weighted by atomic mass is 10.0. The minimum Gasteiger partial charge on any atom is -0.477 e. The number of allylic oxidation sites excluding steroid dienone is 28. The molecule has 1 N–H and O–H groups in total. The van der Waals surface area contributed by atoms with Crippen molar-refractivity contribution >= 4 is 17.9 Å². The number of quaternary nitrogens is 1. The van der Waals surface area contributed by atoms with Crippen LogP contribution in [-0.4, -0.2) is 87.4 Å². The number of likely N-dealkylation sites (N-methyl/N-ethyl adjacent to an activating group) is 1. The van der Waals surface area contributed by atoms with Gasteiger partial charge >= 0.3 is 17.9 Å². The summed E-state index contributed by atoms with van der Waals surface area (Å²) < 4.78 is 22.9. The molecule has 0 aromatic carbocycles. The lowest BCUT2D eigenvalue weighted by molar-refractivity contribution is -0.870. The Morgan fingerprint density at radius 3 is 0.920 bits per heavy atom. The average molecular weight is 1210 g/mol. The Morgan fingerprint density at radius 1 is 0.345 bits per heavy atom. The van der Waals surface area contributed by atoms with Crippen LogP contribution in [0.15, 0.2) is 170 Å². The highest BCUT2D eigenvalue weighted by Gasteiger charge is 2.25. The van der Waals surface area contributed by atoms with Crippen molar-refractivity contribution in [2.24, 2.45) is 0 Å². The molecule has 0 aliphatic carbocycles. The third-order valence-corrected chi connectivity index (χ3v) is 14.0. The predicted molar refractivity (Wildman–Crippen MR) is 373 cm³/mol. The fraction of sp³-hybridized carbons (Fsp3) is 0.603. The summed E-state index contributed by atoms with van der Waals surface area (Å²) in [5.41, 5.74) is 0. The van der Waals surface area contributed by atoms with Crippen LogP contribution < -0.4 is 0 Å². The largest absolute Gasteiger partial charge is 0.477 e. The van der Waals surface area contributed by atoms with Crippen LogP contribution in [0.2, 0.25) is 0 Å². The minimum absolute atomic E-state index is 0.173. The average Bonchev–Trinajstić information content (AvgIpc) is 3.57. The zero-order chi connectivity index (χ0) is 63.3. The molecule has 0 bridgehead atoms. The monoisotopic (exact) mass is 1200 g/mol. The number of esters is 2. The van der Waals surface area contributed by atoms with Gasteiger partial charge in [-0.05, 0) is 128 Å². The Labute approximate surface area is 533 Å². The number of hydrogen-bond acceptors (Lipinski definition) is 7. The molecule has 2 atom stereocenters. The van der Waals surface area contributed by atoms with E-state index < -0.39 is 24.3 Å². The first-order chi connectivity index (χ1) is 42.6. The van der Waals surface area contributed by atoms with E-state index >= 15 is 0 Å². The number of ether oxygens (including phenoxy) is 4. The summed E-state index contributed by atoms with van der Waals surface area (Å²) in [6.07, 6.45) is 97.4. The van der Waals surface area contributed by atoms with Gasteiger partial charge in [-0.3, -0.25) is 9.59 Å². The van der Waals surface area contributed by atoms with Crippen molar-refractivity contribution < 1.29 is 42.9 Å². The first-order valence-corrected chi connectivity index (χ1v) is 34.3. The van der Waals surface area contributed by atoms with Crippen LogP contribution in [0.5, 0.6) is 0 Å². The number of carbonyl (C=O) groups excluding carboxylic acids is 2. The van der Waals surface area contributed by atoms with Crippen molar-refractivity contribution in [2.75, 3.05) is 47.5 Å². The van der Waals surface area contributed by atoms with E-state index in [1.54, 1.807) is 0 Å². The van der Waals surface area contributed by atoms with Crippen LogP contribution in [0.4, 0.5) is 0 Å². The Kier molecular flexibility index (Phi) is 62.5. The maximum Gasteiger partial charge on any atom is 0.361 e. The number of unbranched alkanes of at least 4 members (excludes halogenated alkanes) is 18. The van der Waals surface area contributed by atoms with Crippen LogP contribution in [0, 0.1) is 0 Å². The summed E-state index contributed by atoms with van der Waals surface area (Å²) in [4.78, 5) is 37.6. The van der Waals surface area contributed by atoms with E-state index in [2.05, 4.69) is 184 Å². The lowest BCUT2D eigenvalue weighted by Gasteiger charge is -2.25. The van der Waals surface area contributed by atoms with Crippen LogP contribution in [0.3, 0.4) is 0 Å². The molecular weight excluding hydrogens is 1080 g/mol. The normalized spacial score (nSPS) is 13.8. The fourth-order valence-corrected chi connectivity index (χ4v) is 8.80. The Balaban J connectivity index is 4.23. The molecule has 490 valence electrons. The van der Waals surface area contributed by atoms with Crippen LogP contribution >= 0.6 is 0 Å². The molecule has 0 aromatic rings. The summed E-state index contributed by atoms with van der Waals surface area (Å²) in [6.45, 7) is 4.60. The number of carboxylic acid groups (broad SMARTS) is 1. The van der Waals surface area contributed by atoms with E-state index in [0.717, 1.165) is 135 Å². The molecule has 0 spiro atoms. The highest BCUT2D eigenvalue weighted by atomic mass is 16.7. The first kappa shape index (κ1) is 81.7. The van der Waals surface area contributed by atoms with E-state index in [1.165, 1.54) is 77.0 Å². The maximum atomic E-state index is 12.9. The van der Waals surface area contributed by atoms with E-state index in [-0.39, 0.29) is 38.6 Å². The van der Waals surface area contributed by atoms with Gasteiger partial charge in [0.15, 0.2) is 6.10 Å². The molecule has 0 aliphatic heterocycles. The molecule has 0 amide bonds. The molecule has 0 fully saturated rings. The van der Waals surface area contributed by atoms with Crippen molar-refractivity contribution in [1.29, 1.82) is 0 Å². The van der Waals surface area contributed by atoms with Crippen LogP contribution in [-0.2, 0) is 33.3 Å². The van der Waals surface area contributed by atoms with E-state index in [1.807, 2.05) is 21.1 Å². The standard InChI is InChI=1S/C78H125NO8/c1-6-8-10-12-14-16-18-20-22-24-26-28-30-32-34-36-37-38-39-41-42-44-46-48-50-52-54-56-58-60-62-64-66-68-75(80)85-72-74(73-86-78(77(82)83)84-71-70-79(3,4)5)87-76(81)69-67-65-63-61-59-57-55-53-51-49-47-45-43-40-35-33-31-29-27-25-23-21-19-17-15-13-11-9-7-2/h8-11,14-17,20-23,26-29,32-35,37-38,43,45,49,51,55,57,74,78H,6-7,12-13,18-19,24-25,30-31,36,39-42,44,46-48,50,52-54,56,58-73H2,1-5H3/p+1/b10-8-,11-9-,16-14-,17-15-,22-20-,23-21-,28-26-,29-27-,34-32-,35-33-,38-37-,45-43-,51-49-,57-55-. The van der Waals surface area contributed by atoms with Gasteiger partial charge in [-0.1, -0.05) is 274 Å². The summed E-state index contributed by atoms with van der Waals surface area (Å²) in [6, 6.07) is 0. The maximum absolute atomic E-state index is 12.9. The second kappa shape index (κ2) is 66.6. The highest BCUT2D eigenvalue weighted by molar-refractivity contribution is 5.71. The van der Waals surface area contributed by atoms with Gasteiger partial charge in [-0.15, -0.1) is 0 Å². The number of aliphatic carboxylic acids is 1. The van der Waals surface area contributed by atoms with E-state index in [9.17, 15) is 19.5 Å². The third kappa shape index (κ3) is 68.0. The van der Waals surface area contributed by atoms with Crippen molar-refractivity contribution in [3.8, 4) is 0 Å². The number of carboxylic acids is 1. The molecule has 0 saturated carbocycles. The van der Waals surface area contributed by atoms with E-state index in [0.29, 0.717) is 17.4 Å². The highest BCUT2D eigenvalue weighted by Crippen LogP contribution is 2.16. The fourth-order valence-electron chi connectivity index (χ4n) is 8.80. The molecule has 0 heterocycles. The number of nitrogens with zero attached hydrogens (tertiary/aromatic N) is 1. The van der Waals surface area contributed by atoms with Crippen LogP contribution in [0.1, 0.15) is 245 Å². The summed E-state index contributed by atoms with van der Waals surface area (Å²) in [5, 5.41) is 9.74. The molecule has 9 nitrogen and oxygen atoms in total. The number of hydrogen-bond donors (Lipinski definition) is 1. The summed E-state index contributed by atoms with van der Waals surface area (Å²) in [7, 11) is 5.95. The molecule has 0 radical (unpaired) electrons. The zero-order valence-corrected chi connectivity index (χ0v) is 55.9. The smallest absolute Gasteiger partial charge is 0.361 e. The minimum atomic E-state index is -1.53. The van der Waals surface area contributed by atoms with Gasteiger partial charge in [0, 0.05) is 12.8 Å².